The third kappa shape index (κ3) is 51.6. The van der Waals surface area contributed by atoms with Crippen molar-refractivity contribution in [2.75, 3.05) is 13.2 Å². The number of unbranched alkanes of at least 4 members (excludes halogenated alkanes) is 12. The van der Waals surface area contributed by atoms with E-state index in [0.29, 0.717) is 19.3 Å². The molecule has 0 aliphatic carbocycles. The highest BCUT2D eigenvalue weighted by Gasteiger charge is 2.19. The zero-order chi connectivity index (χ0) is 48.6. The van der Waals surface area contributed by atoms with Crippen LogP contribution in [0.5, 0.6) is 0 Å². The van der Waals surface area contributed by atoms with Crippen molar-refractivity contribution < 1.29 is 28.6 Å². The maximum absolute atomic E-state index is 12.8. The summed E-state index contributed by atoms with van der Waals surface area (Å²) in [5.74, 6) is -1.08. The van der Waals surface area contributed by atoms with E-state index in [1.54, 1.807) is 0 Å². The normalized spacial score (nSPS) is 13.5. The summed E-state index contributed by atoms with van der Waals surface area (Å²) in [4.78, 5) is 38.0. The number of carbonyl (C=O) groups excluding carboxylic acids is 3. The van der Waals surface area contributed by atoms with Crippen molar-refractivity contribution in [3.63, 3.8) is 0 Å². The van der Waals surface area contributed by atoms with Gasteiger partial charge in [0.2, 0.25) is 0 Å². The van der Waals surface area contributed by atoms with Crippen molar-refractivity contribution in [2.24, 2.45) is 0 Å². The molecule has 67 heavy (non-hydrogen) atoms. The van der Waals surface area contributed by atoms with Crippen LogP contribution in [0.15, 0.2) is 170 Å². The van der Waals surface area contributed by atoms with Crippen molar-refractivity contribution in [1.29, 1.82) is 0 Å². The lowest BCUT2D eigenvalue weighted by molar-refractivity contribution is -0.167. The van der Waals surface area contributed by atoms with Gasteiger partial charge in [-0.15, -0.1) is 0 Å². The third-order valence-electron chi connectivity index (χ3n) is 9.94. The second-order valence-electron chi connectivity index (χ2n) is 16.2. The summed E-state index contributed by atoms with van der Waals surface area (Å²) in [6, 6.07) is 0. The van der Waals surface area contributed by atoms with Crippen molar-refractivity contribution in [3.8, 4) is 0 Å². The Labute approximate surface area is 409 Å². The molecule has 6 nitrogen and oxygen atoms in total. The molecule has 0 bridgehead atoms. The van der Waals surface area contributed by atoms with Gasteiger partial charge >= 0.3 is 17.9 Å². The number of ether oxygens (including phenoxy) is 3. The molecule has 1 unspecified atom stereocenters. The molecule has 0 radical (unpaired) electrons. The molecule has 0 saturated heterocycles. The zero-order valence-corrected chi connectivity index (χ0v) is 42.1. The predicted molar refractivity (Wildman–Crippen MR) is 288 cm³/mol. The van der Waals surface area contributed by atoms with E-state index >= 15 is 0 Å². The van der Waals surface area contributed by atoms with Gasteiger partial charge < -0.3 is 14.2 Å². The summed E-state index contributed by atoms with van der Waals surface area (Å²) < 4.78 is 16.7. The summed E-state index contributed by atoms with van der Waals surface area (Å²) in [5, 5.41) is 0. The van der Waals surface area contributed by atoms with E-state index in [-0.39, 0.29) is 38.0 Å². The minimum absolute atomic E-state index is 0.136. The number of carbonyl (C=O) groups is 3. The average molecular weight is 919 g/mol. The van der Waals surface area contributed by atoms with Gasteiger partial charge in [0, 0.05) is 19.3 Å². The van der Waals surface area contributed by atoms with E-state index in [4.69, 9.17) is 14.2 Å². The van der Waals surface area contributed by atoms with E-state index in [0.717, 1.165) is 96.3 Å². The Morgan fingerprint density at radius 3 is 1.10 bits per heavy atom. The van der Waals surface area contributed by atoms with E-state index in [9.17, 15) is 14.4 Å². The lowest BCUT2D eigenvalue weighted by Gasteiger charge is -2.18. The van der Waals surface area contributed by atoms with Crippen LogP contribution in [0.2, 0.25) is 0 Å². The number of esters is 3. The summed E-state index contributed by atoms with van der Waals surface area (Å²) in [6.45, 7) is 6.18. The quantitative estimate of drug-likeness (QED) is 0.0199. The van der Waals surface area contributed by atoms with Gasteiger partial charge in [-0.05, 0) is 96.3 Å². The topological polar surface area (TPSA) is 78.9 Å². The highest BCUT2D eigenvalue weighted by Crippen LogP contribution is 2.11. The Hall–Kier alpha value is -5.23. The van der Waals surface area contributed by atoms with E-state index in [1.165, 1.54) is 25.7 Å². The van der Waals surface area contributed by atoms with Crippen LogP contribution in [0.1, 0.15) is 175 Å². The highest BCUT2D eigenvalue weighted by atomic mass is 16.6. The molecule has 0 rings (SSSR count). The lowest BCUT2D eigenvalue weighted by Crippen LogP contribution is -2.30. The number of hydrogen-bond acceptors (Lipinski definition) is 6. The van der Waals surface area contributed by atoms with E-state index in [2.05, 4.69) is 106 Å². The highest BCUT2D eigenvalue weighted by molar-refractivity contribution is 5.71. The largest absolute Gasteiger partial charge is 0.462 e. The van der Waals surface area contributed by atoms with Crippen molar-refractivity contribution >= 4 is 17.9 Å². The molecule has 0 heterocycles. The van der Waals surface area contributed by atoms with Crippen LogP contribution < -0.4 is 0 Å². The van der Waals surface area contributed by atoms with Gasteiger partial charge in [0.05, 0.1) is 0 Å². The molecular weight excluding hydrogens is 829 g/mol. The number of rotatable bonds is 43. The molecule has 0 aliphatic rings. The second-order valence-corrected chi connectivity index (χ2v) is 16.2. The zero-order valence-electron chi connectivity index (χ0n) is 42.1. The first-order chi connectivity index (χ1) is 33.0. The van der Waals surface area contributed by atoms with Gasteiger partial charge in [0.1, 0.15) is 13.2 Å². The first-order valence-electron chi connectivity index (χ1n) is 25.8. The monoisotopic (exact) mass is 919 g/mol. The number of hydrogen-bond donors (Lipinski definition) is 0. The fourth-order valence-corrected chi connectivity index (χ4v) is 6.12. The summed E-state index contributed by atoms with van der Waals surface area (Å²) in [5.41, 5.74) is 0. The van der Waals surface area contributed by atoms with E-state index in [1.807, 2.05) is 85.1 Å². The van der Waals surface area contributed by atoms with Gasteiger partial charge in [-0.2, -0.15) is 0 Å². The molecule has 0 fully saturated rings. The van der Waals surface area contributed by atoms with E-state index < -0.39 is 12.1 Å². The Balaban J connectivity index is 4.66. The van der Waals surface area contributed by atoms with Crippen LogP contribution in [-0.4, -0.2) is 37.2 Å². The molecule has 0 aromatic rings. The van der Waals surface area contributed by atoms with Crippen LogP contribution >= 0.6 is 0 Å². The van der Waals surface area contributed by atoms with Crippen LogP contribution in [0.4, 0.5) is 0 Å². The van der Waals surface area contributed by atoms with Crippen LogP contribution in [0, 0.1) is 0 Å². The smallest absolute Gasteiger partial charge is 0.306 e. The van der Waals surface area contributed by atoms with Crippen LogP contribution in [0.3, 0.4) is 0 Å². The van der Waals surface area contributed by atoms with Gasteiger partial charge in [-0.3, -0.25) is 14.4 Å². The molecule has 370 valence electrons. The van der Waals surface area contributed by atoms with Gasteiger partial charge in [-0.25, -0.2) is 0 Å². The summed E-state index contributed by atoms with van der Waals surface area (Å²) in [6.07, 6.45) is 79.0. The molecule has 6 heteroatoms. The second kappa shape index (κ2) is 53.4. The Morgan fingerprint density at radius 2 is 0.657 bits per heavy atom. The minimum atomic E-state index is -0.845. The molecule has 0 aromatic heterocycles. The molecular formula is C61H90O6. The van der Waals surface area contributed by atoms with Crippen LogP contribution in [0.25, 0.3) is 0 Å². The minimum Gasteiger partial charge on any atom is -0.462 e. The SMILES string of the molecule is CC\C=C/C=C\C=C/C=C\C=C\C=C/CCCCCC(=O)OCC(COC(=O)CCCCCCC\C=C/C=C\C=C/C=C\CC)OC(=O)CCC/C=C\C/C=C\C/C=C\C/C=C\CCCCC. The predicted octanol–water partition coefficient (Wildman–Crippen LogP) is 17.2. The van der Waals surface area contributed by atoms with Crippen molar-refractivity contribution in [3.05, 3.63) is 170 Å². The maximum atomic E-state index is 12.8. The van der Waals surface area contributed by atoms with Gasteiger partial charge in [-0.1, -0.05) is 229 Å². The molecule has 0 N–H and O–H groups in total. The van der Waals surface area contributed by atoms with Crippen molar-refractivity contribution in [1.82, 2.24) is 0 Å². The molecule has 0 amide bonds. The first kappa shape index (κ1) is 61.8. The van der Waals surface area contributed by atoms with Gasteiger partial charge in [0.25, 0.3) is 0 Å². The van der Waals surface area contributed by atoms with Crippen molar-refractivity contribution in [2.45, 2.75) is 181 Å². The fraction of sp³-hybridized carbons (Fsp3) is 0.492. The third-order valence-corrected chi connectivity index (χ3v) is 9.94. The molecule has 0 aromatic carbocycles. The first-order valence-corrected chi connectivity index (χ1v) is 25.8. The Bertz CT molecular complexity index is 1620. The Morgan fingerprint density at radius 1 is 0.328 bits per heavy atom. The molecule has 0 saturated carbocycles. The maximum Gasteiger partial charge on any atom is 0.306 e. The summed E-state index contributed by atoms with van der Waals surface area (Å²) >= 11 is 0. The summed E-state index contributed by atoms with van der Waals surface area (Å²) in [7, 11) is 0. The van der Waals surface area contributed by atoms with Crippen LogP contribution in [-0.2, 0) is 28.6 Å². The van der Waals surface area contributed by atoms with Gasteiger partial charge in [0.15, 0.2) is 6.10 Å². The molecule has 1 atom stereocenters. The molecule has 0 aliphatic heterocycles. The Kier molecular flexibility index (Phi) is 49.2. The average Bonchev–Trinajstić information content (AvgIpc) is 3.33. The fourth-order valence-electron chi connectivity index (χ4n) is 6.12. The molecule has 0 spiro atoms. The standard InChI is InChI=1S/C61H90O6/c1-4-7-10-13-16-19-22-25-28-30-33-36-39-42-45-48-51-54-60(63)66-57-58(56-65-59(62)53-50-47-44-41-38-35-32-27-24-21-18-15-12-9-6-3)67-61(64)55-52-49-46-43-40-37-34-31-29-26-23-20-17-14-11-8-5-2/h7,9-10,12-13,15-22,24-30,32-34,36-37,39,43,46,58H,4-6,8,11,14,23,31,35,38,40-42,44-45,47-57H2,1-3H3/b10-7-,12-9-,16-13-,18-15-,20-17-,22-19-,24-21-,28-25-,29-26-,32-27-,33-30+,37-34-,39-36-,46-43-. The number of allylic oxidation sites excluding steroid dienone is 28. The lowest BCUT2D eigenvalue weighted by atomic mass is 10.1.